The smallest absolute Gasteiger partial charge is 0.221 e. The van der Waals surface area contributed by atoms with Crippen molar-refractivity contribution in [3.63, 3.8) is 0 Å². The van der Waals surface area contributed by atoms with Crippen LogP contribution >= 0.6 is 0 Å². The molecule has 2 aromatic rings. The first kappa shape index (κ1) is 13.7. The van der Waals surface area contributed by atoms with E-state index in [-0.39, 0.29) is 22.9 Å². The summed E-state index contributed by atoms with van der Waals surface area (Å²) in [5, 5.41) is 2.60. The van der Waals surface area contributed by atoms with E-state index in [0.29, 0.717) is 11.3 Å². The molecule has 0 heterocycles. The number of hydrogen-bond donors (Lipinski definition) is 2. The molecule has 1 amide bonds. The van der Waals surface area contributed by atoms with Gasteiger partial charge in [-0.3, -0.25) is 9.59 Å². The van der Waals surface area contributed by atoms with Crippen LogP contribution in [0.3, 0.4) is 0 Å². The predicted molar refractivity (Wildman–Crippen MR) is 75.0 cm³/mol. The molecule has 20 heavy (non-hydrogen) atoms. The standard InChI is InChI=1S/C15H13FN2O2/c1-9(19)18-12-5-2-10(3-6-12)15(20)13-8-11(16)4-7-14(13)17/h2-8H,17H2,1H3,(H,18,19). The Balaban J connectivity index is 2.29. The molecule has 0 spiro atoms. The van der Waals surface area contributed by atoms with Gasteiger partial charge in [-0.2, -0.15) is 0 Å². The fourth-order valence-corrected chi connectivity index (χ4v) is 1.79. The molecule has 0 unspecified atom stereocenters. The van der Waals surface area contributed by atoms with Gasteiger partial charge in [0.05, 0.1) is 0 Å². The number of anilines is 2. The largest absolute Gasteiger partial charge is 0.398 e. The van der Waals surface area contributed by atoms with Gasteiger partial charge in [0.25, 0.3) is 0 Å². The van der Waals surface area contributed by atoms with Crippen molar-refractivity contribution in [1.82, 2.24) is 0 Å². The monoisotopic (exact) mass is 272 g/mol. The summed E-state index contributed by atoms with van der Waals surface area (Å²) in [5.74, 6) is -1.08. The number of hydrogen-bond acceptors (Lipinski definition) is 3. The van der Waals surface area contributed by atoms with Gasteiger partial charge in [-0.25, -0.2) is 4.39 Å². The van der Waals surface area contributed by atoms with Crippen molar-refractivity contribution in [1.29, 1.82) is 0 Å². The van der Waals surface area contributed by atoms with Crippen molar-refractivity contribution in [3.8, 4) is 0 Å². The zero-order valence-electron chi connectivity index (χ0n) is 10.8. The molecule has 4 nitrogen and oxygen atoms in total. The molecule has 0 saturated heterocycles. The molecule has 0 radical (unpaired) electrons. The van der Waals surface area contributed by atoms with Gasteiger partial charge in [0.15, 0.2) is 5.78 Å². The van der Waals surface area contributed by atoms with Crippen molar-refractivity contribution in [2.75, 3.05) is 11.1 Å². The maximum atomic E-state index is 13.2. The van der Waals surface area contributed by atoms with E-state index in [9.17, 15) is 14.0 Å². The molecule has 0 saturated carbocycles. The molecule has 0 fully saturated rings. The van der Waals surface area contributed by atoms with Crippen molar-refractivity contribution in [3.05, 3.63) is 59.4 Å². The van der Waals surface area contributed by atoms with Crippen LogP contribution in [-0.2, 0) is 4.79 Å². The lowest BCUT2D eigenvalue weighted by Crippen LogP contribution is -2.08. The molecule has 2 aromatic carbocycles. The molecule has 2 rings (SSSR count). The maximum Gasteiger partial charge on any atom is 0.221 e. The third kappa shape index (κ3) is 3.00. The Morgan fingerprint density at radius 1 is 1.10 bits per heavy atom. The number of nitrogens with two attached hydrogens (primary N) is 1. The van der Waals surface area contributed by atoms with Crippen LogP contribution in [0.1, 0.15) is 22.8 Å². The molecule has 0 bridgehead atoms. The highest BCUT2D eigenvalue weighted by Crippen LogP contribution is 2.19. The van der Waals surface area contributed by atoms with Crippen LogP contribution in [0, 0.1) is 5.82 Å². The van der Waals surface area contributed by atoms with E-state index in [0.717, 1.165) is 6.07 Å². The molecule has 0 atom stereocenters. The van der Waals surface area contributed by atoms with Crippen LogP contribution in [0.2, 0.25) is 0 Å². The van der Waals surface area contributed by atoms with Gasteiger partial charge in [-0.1, -0.05) is 0 Å². The number of nitrogens with one attached hydrogen (secondary N) is 1. The summed E-state index contributed by atoms with van der Waals surface area (Å²) in [6.45, 7) is 1.40. The van der Waals surface area contributed by atoms with E-state index in [4.69, 9.17) is 5.73 Å². The minimum Gasteiger partial charge on any atom is -0.398 e. The minimum absolute atomic E-state index is 0.122. The normalized spacial score (nSPS) is 10.1. The van der Waals surface area contributed by atoms with Gasteiger partial charge in [-0.05, 0) is 42.5 Å². The first-order chi connectivity index (χ1) is 9.47. The van der Waals surface area contributed by atoms with E-state index in [2.05, 4.69) is 5.32 Å². The highest BCUT2D eigenvalue weighted by Gasteiger charge is 2.13. The average Bonchev–Trinajstić information content (AvgIpc) is 2.41. The van der Waals surface area contributed by atoms with Gasteiger partial charge in [-0.15, -0.1) is 0 Å². The average molecular weight is 272 g/mol. The van der Waals surface area contributed by atoms with Gasteiger partial charge in [0, 0.05) is 29.4 Å². The van der Waals surface area contributed by atoms with Crippen molar-refractivity contribution >= 4 is 23.1 Å². The van der Waals surface area contributed by atoms with Crippen molar-refractivity contribution < 1.29 is 14.0 Å². The summed E-state index contributed by atoms with van der Waals surface area (Å²) < 4.78 is 13.2. The van der Waals surface area contributed by atoms with Gasteiger partial charge in [0.1, 0.15) is 5.82 Å². The highest BCUT2D eigenvalue weighted by atomic mass is 19.1. The first-order valence-corrected chi connectivity index (χ1v) is 5.95. The molecule has 0 aliphatic carbocycles. The Kier molecular flexibility index (Phi) is 3.79. The lowest BCUT2D eigenvalue weighted by molar-refractivity contribution is -0.114. The fraction of sp³-hybridized carbons (Fsp3) is 0.0667. The zero-order chi connectivity index (χ0) is 14.7. The maximum absolute atomic E-state index is 13.2. The van der Waals surface area contributed by atoms with E-state index < -0.39 is 5.82 Å². The third-order valence-electron chi connectivity index (χ3n) is 2.73. The Hall–Kier alpha value is -2.69. The van der Waals surface area contributed by atoms with Crippen LogP contribution < -0.4 is 11.1 Å². The number of amides is 1. The number of rotatable bonds is 3. The topological polar surface area (TPSA) is 72.2 Å². The van der Waals surface area contributed by atoms with Crippen LogP contribution in [-0.4, -0.2) is 11.7 Å². The molecular formula is C15H13FN2O2. The Bertz CT molecular complexity index is 666. The Labute approximate surface area is 115 Å². The van der Waals surface area contributed by atoms with Crippen LogP contribution in [0.5, 0.6) is 0 Å². The van der Waals surface area contributed by atoms with E-state index in [1.165, 1.54) is 19.1 Å². The number of ketones is 1. The van der Waals surface area contributed by atoms with E-state index in [1.54, 1.807) is 24.3 Å². The second kappa shape index (κ2) is 5.52. The molecule has 5 heteroatoms. The molecule has 0 aliphatic rings. The third-order valence-corrected chi connectivity index (χ3v) is 2.73. The van der Waals surface area contributed by atoms with Gasteiger partial charge < -0.3 is 11.1 Å². The Morgan fingerprint density at radius 3 is 2.35 bits per heavy atom. The zero-order valence-corrected chi connectivity index (χ0v) is 10.8. The van der Waals surface area contributed by atoms with Crippen LogP contribution in [0.4, 0.5) is 15.8 Å². The SMILES string of the molecule is CC(=O)Nc1ccc(C(=O)c2cc(F)ccc2N)cc1. The summed E-state index contributed by atoms with van der Waals surface area (Å²) in [6, 6.07) is 9.98. The lowest BCUT2D eigenvalue weighted by Gasteiger charge is -2.06. The summed E-state index contributed by atoms with van der Waals surface area (Å²) in [4.78, 5) is 23.1. The fourth-order valence-electron chi connectivity index (χ4n) is 1.79. The van der Waals surface area contributed by atoms with Gasteiger partial charge in [0.2, 0.25) is 5.91 Å². The summed E-state index contributed by atoms with van der Waals surface area (Å²) in [5.41, 5.74) is 6.98. The molecule has 0 aliphatic heterocycles. The Morgan fingerprint density at radius 2 is 1.75 bits per heavy atom. The number of benzene rings is 2. The first-order valence-electron chi connectivity index (χ1n) is 5.95. The van der Waals surface area contributed by atoms with Gasteiger partial charge >= 0.3 is 0 Å². The number of halogens is 1. The van der Waals surface area contributed by atoms with Crippen LogP contribution in [0.25, 0.3) is 0 Å². The van der Waals surface area contributed by atoms with Crippen molar-refractivity contribution in [2.45, 2.75) is 6.92 Å². The lowest BCUT2D eigenvalue weighted by atomic mass is 10.0. The number of carbonyl (C=O) groups is 2. The van der Waals surface area contributed by atoms with E-state index in [1.807, 2.05) is 0 Å². The van der Waals surface area contributed by atoms with E-state index >= 15 is 0 Å². The van der Waals surface area contributed by atoms with Crippen LogP contribution in [0.15, 0.2) is 42.5 Å². The summed E-state index contributed by atoms with van der Waals surface area (Å²) >= 11 is 0. The number of carbonyl (C=O) groups excluding carboxylic acids is 2. The minimum atomic E-state index is -0.516. The highest BCUT2D eigenvalue weighted by molar-refractivity contribution is 6.12. The second-order valence-electron chi connectivity index (χ2n) is 4.32. The quantitative estimate of drug-likeness (QED) is 0.666. The second-order valence-corrected chi connectivity index (χ2v) is 4.32. The number of nitrogen functional groups attached to an aromatic ring is 1. The molecule has 102 valence electrons. The van der Waals surface area contributed by atoms with Crippen molar-refractivity contribution in [2.24, 2.45) is 0 Å². The summed E-state index contributed by atoms with van der Waals surface area (Å²) in [7, 11) is 0. The molecule has 3 N–H and O–H groups in total. The summed E-state index contributed by atoms with van der Waals surface area (Å²) in [6.07, 6.45) is 0. The molecule has 0 aromatic heterocycles. The predicted octanol–water partition coefficient (Wildman–Crippen LogP) is 2.60. The molecular weight excluding hydrogens is 259 g/mol.